The molecule has 5 nitrogen and oxygen atoms in total. The van der Waals surface area contributed by atoms with Crippen molar-refractivity contribution in [3.8, 4) is 0 Å². The summed E-state index contributed by atoms with van der Waals surface area (Å²) in [5.74, 6) is 0.288. The van der Waals surface area contributed by atoms with Crippen molar-refractivity contribution >= 4 is 16.7 Å². The molecule has 0 atom stereocenters. The summed E-state index contributed by atoms with van der Waals surface area (Å²) in [5, 5.41) is 7.21. The van der Waals surface area contributed by atoms with Gasteiger partial charge < -0.3 is 10.7 Å². The van der Waals surface area contributed by atoms with Crippen molar-refractivity contribution < 1.29 is 0 Å². The van der Waals surface area contributed by atoms with E-state index >= 15 is 0 Å². The first kappa shape index (κ1) is 7.61. The summed E-state index contributed by atoms with van der Waals surface area (Å²) in [6.07, 6.45) is 3.02. The molecule has 0 saturated heterocycles. The van der Waals surface area contributed by atoms with Gasteiger partial charge in [-0.15, -0.1) is 0 Å². The number of nitrogen functional groups attached to an aromatic ring is 1. The first-order chi connectivity index (χ1) is 6.77. The van der Waals surface area contributed by atoms with Gasteiger partial charge >= 0.3 is 0 Å². The number of hydrogen-bond donors (Lipinski definition) is 3. The highest BCUT2D eigenvalue weighted by atomic mass is 16.1. The molecule has 0 amide bonds. The van der Waals surface area contributed by atoms with Crippen molar-refractivity contribution in [1.29, 1.82) is 0 Å². The van der Waals surface area contributed by atoms with Gasteiger partial charge in [-0.1, -0.05) is 0 Å². The molecule has 4 N–H and O–H groups in total. The summed E-state index contributed by atoms with van der Waals surface area (Å²) in [4.78, 5) is 14.5. The summed E-state index contributed by atoms with van der Waals surface area (Å²) < 4.78 is 0. The van der Waals surface area contributed by atoms with Crippen molar-refractivity contribution in [3.63, 3.8) is 0 Å². The van der Waals surface area contributed by atoms with Crippen LogP contribution in [0.15, 0.2) is 4.79 Å². The van der Waals surface area contributed by atoms with Crippen LogP contribution in [0.5, 0.6) is 0 Å². The molecule has 1 aliphatic carbocycles. The van der Waals surface area contributed by atoms with Crippen LogP contribution in [-0.4, -0.2) is 15.2 Å². The van der Waals surface area contributed by atoms with Gasteiger partial charge in [0.25, 0.3) is 5.56 Å². The molecular weight excluding hydrogens is 180 g/mol. The number of aromatic nitrogens is 3. The number of nitrogens with two attached hydrogens (primary N) is 1. The first-order valence-electron chi connectivity index (χ1n) is 4.65. The lowest BCUT2D eigenvalue weighted by atomic mass is 10.1. The molecule has 0 aliphatic heterocycles. The van der Waals surface area contributed by atoms with E-state index in [1.807, 2.05) is 0 Å². The van der Waals surface area contributed by atoms with Gasteiger partial charge in [0.15, 0.2) is 5.82 Å². The summed E-state index contributed by atoms with van der Waals surface area (Å²) >= 11 is 0. The lowest BCUT2D eigenvalue weighted by Gasteiger charge is -1.99. The molecule has 5 heteroatoms. The van der Waals surface area contributed by atoms with E-state index in [1.165, 1.54) is 5.56 Å². The lowest BCUT2D eigenvalue weighted by molar-refractivity contribution is 0.897. The zero-order valence-electron chi connectivity index (χ0n) is 7.55. The van der Waals surface area contributed by atoms with E-state index in [2.05, 4.69) is 15.2 Å². The molecule has 0 aromatic carbocycles. The van der Waals surface area contributed by atoms with Gasteiger partial charge in [0, 0.05) is 5.69 Å². The van der Waals surface area contributed by atoms with Gasteiger partial charge in [0.05, 0.1) is 5.52 Å². The summed E-state index contributed by atoms with van der Waals surface area (Å²) in [7, 11) is 0. The van der Waals surface area contributed by atoms with Crippen LogP contribution in [0, 0.1) is 0 Å². The monoisotopic (exact) mass is 190 g/mol. The van der Waals surface area contributed by atoms with E-state index in [4.69, 9.17) is 5.73 Å². The molecule has 0 spiro atoms. The zero-order chi connectivity index (χ0) is 9.71. The number of aromatic amines is 2. The molecule has 2 aromatic rings. The predicted molar refractivity (Wildman–Crippen MR) is 53.2 cm³/mol. The van der Waals surface area contributed by atoms with Crippen molar-refractivity contribution in [3.05, 3.63) is 21.6 Å². The minimum absolute atomic E-state index is 0.132. The number of rotatable bonds is 0. The maximum atomic E-state index is 11.6. The first-order valence-corrected chi connectivity index (χ1v) is 4.65. The molecule has 0 radical (unpaired) electrons. The van der Waals surface area contributed by atoms with Crippen LogP contribution in [0.1, 0.15) is 17.7 Å². The van der Waals surface area contributed by atoms with Gasteiger partial charge in [-0.2, -0.15) is 5.10 Å². The third-order valence-corrected chi connectivity index (χ3v) is 2.81. The number of anilines is 1. The Morgan fingerprint density at radius 2 is 2.21 bits per heavy atom. The van der Waals surface area contributed by atoms with E-state index in [1.54, 1.807) is 0 Å². The Bertz CT molecular complexity index is 566. The van der Waals surface area contributed by atoms with Crippen LogP contribution >= 0.6 is 0 Å². The smallest absolute Gasteiger partial charge is 0.261 e. The zero-order valence-corrected chi connectivity index (χ0v) is 7.55. The number of nitrogens with zero attached hydrogens (tertiary/aromatic N) is 1. The molecule has 0 bridgehead atoms. The van der Waals surface area contributed by atoms with Crippen LogP contribution in [0.2, 0.25) is 0 Å². The van der Waals surface area contributed by atoms with Gasteiger partial charge in [0.1, 0.15) is 5.39 Å². The van der Waals surface area contributed by atoms with E-state index in [9.17, 15) is 4.79 Å². The highest BCUT2D eigenvalue weighted by molar-refractivity contribution is 5.90. The lowest BCUT2D eigenvalue weighted by Crippen LogP contribution is -2.10. The quantitative estimate of drug-likeness (QED) is 0.559. The Morgan fingerprint density at radius 1 is 1.36 bits per heavy atom. The number of pyridine rings is 1. The molecular formula is C9H10N4O. The Hall–Kier alpha value is -1.78. The number of fused-ring (bicyclic) bond motifs is 3. The van der Waals surface area contributed by atoms with E-state index in [0.717, 1.165) is 30.5 Å². The number of H-pyrrole nitrogens is 2. The van der Waals surface area contributed by atoms with Crippen molar-refractivity contribution in [2.24, 2.45) is 0 Å². The minimum Gasteiger partial charge on any atom is -0.382 e. The average molecular weight is 190 g/mol. The van der Waals surface area contributed by atoms with Crippen LogP contribution in [0.25, 0.3) is 10.9 Å². The minimum atomic E-state index is -0.132. The van der Waals surface area contributed by atoms with Crippen LogP contribution in [0.3, 0.4) is 0 Å². The Kier molecular flexibility index (Phi) is 1.29. The average Bonchev–Trinajstić information content (AvgIpc) is 2.71. The Balaban J connectivity index is 2.55. The molecule has 0 saturated carbocycles. The van der Waals surface area contributed by atoms with Crippen LogP contribution < -0.4 is 11.3 Å². The predicted octanol–water partition coefficient (Wildman–Crippen LogP) is 0.322. The fourth-order valence-electron chi connectivity index (χ4n) is 2.16. The highest BCUT2D eigenvalue weighted by Crippen LogP contribution is 2.26. The Labute approximate surface area is 79.3 Å². The molecule has 2 aromatic heterocycles. The molecule has 1 aliphatic rings. The standard InChI is InChI=1S/C9H10N4O/c10-8-6-7(12-13-8)4-2-1-3-5(4)11-9(6)14/h1-3H2,(H,11,14)(H3,10,12,13). The number of aryl methyl sites for hydroxylation is 2. The maximum Gasteiger partial charge on any atom is 0.261 e. The Morgan fingerprint density at radius 3 is 3.07 bits per heavy atom. The fraction of sp³-hybridized carbons (Fsp3) is 0.333. The summed E-state index contributed by atoms with van der Waals surface area (Å²) in [6.45, 7) is 0. The molecule has 0 fully saturated rings. The fourth-order valence-corrected chi connectivity index (χ4v) is 2.16. The maximum absolute atomic E-state index is 11.6. The normalized spacial score (nSPS) is 14.9. The van der Waals surface area contributed by atoms with Gasteiger partial charge in [0.2, 0.25) is 0 Å². The second kappa shape index (κ2) is 2.37. The second-order valence-corrected chi connectivity index (χ2v) is 3.62. The summed E-state index contributed by atoms with van der Waals surface area (Å²) in [5.41, 5.74) is 8.50. The van der Waals surface area contributed by atoms with E-state index < -0.39 is 0 Å². The highest BCUT2D eigenvalue weighted by Gasteiger charge is 2.19. The number of hydrogen-bond acceptors (Lipinski definition) is 3. The molecule has 72 valence electrons. The van der Waals surface area contributed by atoms with E-state index in [0.29, 0.717) is 5.39 Å². The second-order valence-electron chi connectivity index (χ2n) is 3.62. The molecule has 14 heavy (non-hydrogen) atoms. The third-order valence-electron chi connectivity index (χ3n) is 2.81. The number of nitrogens with one attached hydrogen (secondary N) is 2. The van der Waals surface area contributed by atoms with Gasteiger partial charge in [-0.05, 0) is 24.8 Å². The van der Waals surface area contributed by atoms with Crippen LogP contribution in [0.4, 0.5) is 5.82 Å². The van der Waals surface area contributed by atoms with Gasteiger partial charge in [-0.25, -0.2) is 0 Å². The van der Waals surface area contributed by atoms with Crippen LogP contribution in [-0.2, 0) is 12.8 Å². The third kappa shape index (κ3) is 0.787. The van der Waals surface area contributed by atoms with Gasteiger partial charge in [-0.3, -0.25) is 9.89 Å². The summed E-state index contributed by atoms with van der Waals surface area (Å²) in [6, 6.07) is 0. The largest absolute Gasteiger partial charge is 0.382 e. The van der Waals surface area contributed by atoms with Crippen molar-refractivity contribution in [2.75, 3.05) is 5.73 Å². The van der Waals surface area contributed by atoms with E-state index in [-0.39, 0.29) is 11.4 Å². The molecule has 2 heterocycles. The SMILES string of the molecule is Nc1n[nH]c2c3c([nH]c(=O)c12)CCC3. The topological polar surface area (TPSA) is 87.6 Å². The molecule has 3 rings (SSSR count). The van der Waals surface area contributed by atoms with Crippen molar-refractivity contribution in [2.45, 2.75) is 19.3 Å². The molecule has 0 unspecified atom stereocenters. The van der Waals surface area contributed by atoms with Crippen molar-refractivity contribution in [1.82, 2.24) is 15.2 Å².